The number of hydrogen-bond acceptors (Lipinski definition) is 7. The maximum absolute atomic E-state index is 12.6. The molecule has 0 spiro atoms. The number of rotatable bonds is 6. The van der Waals surface area contributed by atoms with Crippen LogP contribution in [0.15, 0.2) is 45.2 Å². The van der Waals surface area contributed by atoms with E-state index in [1.165, 1.54) is 11.5 Å². The Balaban J connectivity index is 1.20. The van der Waals surface area contributed by atoms with Crippen LogP contribution < -0.4 is 5.32 Å². The fourth-order valence-corrected chi connectivity index (χ4v) is 4.92. The van der Waals surface area contributed by atoms with Gasteiger partial charge in [0.25, 0.3) is 5.78 Å². The maximum Gasteiger partial charge on any atom is 0.412 e. The van der Waals surface area contributed by atoms with Gasteiger partial charge in [0.15, 0.2) is 5.76 Å². The van der Waals surface area contributed by atoms with Crippen LogP contribution in [-0.4, -0.2) is 21.5 Å². The van der Waals surface area contributed by atoms with Gasteiger partial charge in [-0.15, -0.1) is 0 Å². The maximum atomic E-state index is 12.6. The summed E-state index contributed by atoms with van der Waals surface area (Å²) in [5.74, 6) is 6.50. The monoisotopic (exact) mass is 502 g/mol. The van der Waals surface area contributed by atoms with Crippen LogP contribution in [0, 0.1) is 18.8 Å². The van der Waals surface area contributed by atoms with Crippen molar-refractivity contribution in [1.29, 1.82) is 0 Å². The molecule has 2 N–H and O–H groups in total. The summed E-state index contributed by atoms with van der Waals surface area (Å²) < 4.78 is 21.4. The molecule has 0 saturated heterocycles. The lowest BCUT2D eigenvalue weighted by Gasteiger charge is -2.09. The summed E-state index contributed by atoms with van der Waals surface area (Å²) >= 11 is 1.22. The Labute approximate surface area is 210 Å². The number of hydrogen-bond donors (Lipinski definition) is 2. The van der Waals surface area contributed by atoms with Crippen molar-refractivity contribution < 1.29 is 28.3 Å². The van der Waals surface area contributed by atoms with Crippen molar-refractivity contribution in [1.82, 2.24) is 4.37 Å². The smallest absolute Gasteiger partial charge is 0.412 e. The largest absolute Gasteiger partial charge is 0.480 e. The molecule has 4 aromatic rings. The summed E-state index contributed by atoms with van der Waals surface area (Å²) in [5, 5.41) is 13.0. The van der Waals surface area contributed by atoms with Crippen LogP contribution in [0.4, 0.5) is 10.5 Å². The zero-order valence-corrected chi connectivity index (χ0v) is 20.2. The highest BCUT2D eigenvalue weighted by atomic mass is 32.1. The second-order valence-corrected chi connectivity index (χ2v) is 10.0. The van der Waals surface area contributed by atoms with E-state index in [4.69, 9.17) is 13.6 Å². The first kappa shape index (κ1) is 22.4. The lowest BCUT2D eigenvalue weighted by molar-refractivity contribution is -0.140. The van der Waals surface area contributed by atoms with Crippen LogP contribution in [0.1, 0.15) is 64.8 Å². The minimum atomic E-state index is -0.927. The van der Waals surface area contributed by atoms with Crippen LogP contribution in [0.5, 0.6) is 0 Å². The highest BCUT2D eigenvalue weighted by molar-refractivity contribution is 7.07. The number of ether oxygens (including phenoxy) is 1. The van der Waals surface area contributed by atoms with Gasteiger partial charge >= 0.3 is 12.1 Å². The second kappa shape index (κ2) is 8.57. The molecule has 182 valence electrons. The Morgan fingerprint density at radius 2 is 2.03 bits per heavy atom. The summed E-state index contributed by atoms with van der Waals surface area (Å²) in [6.07, 6.45) is 2.61. The van der Waals surface area contributed by atoms with E-state index in [-0.39, 0.29) is 12.4 Å². The van der Waals surface area contributed by atoms with Gasteiger partial charge in [-0.2, -0.15) is 4.37 Å². The predicted octanol–water partition coefficient (Wildman–Crippen LogP) is 5.93. The molecule has 3 heterocycles. The minimum Gasteiger partial charge on any atom is -0.480 e. The molecule has 0 atom stereocenters. The van der Waals surface area contributed by atoms with Crippen molar-refractivity contribution in [3.63, 3.8) is 0 Å². The summed E-state index contributed by atoms with van der Waals surface area (Å²) in [7, 11) is 0. The van der Waals surface area contributed by atoms with Gasteiger partial charge in [0.2, 0.25) is 0 Å². The Morgan fingerprint density at radius 1 is 1.22 bits per heavy atom. The fraction of sp³-hybridized carbons (Fsp3) is 0.296. The van der Waals surface area contributed by atoms with E-state index in [0.29, 0.717) is 46.2 Å². The zero-order valence-electron chi connectivity index (χ0n) is 19.4. The summed E-state index contributed by atoms with van der Waals surface area (Å²) in [6.45, 7) is 2.15. The van der Waals surface area contributed by atoms with E-state index in [1.54, 1.807) is 12.1 Å². The van der Waals surface area contributed by atoms with Crippen molar-refractivity contribution in [2.24, 2.45) is 0 Å². The van der Waals surface area contributed by atoms with Gasteiger partial charge in [-0.1, -0.05) is 24.3 Å². The number of furan rings is 2. The molecule has 2 aliphatic carbocycles. The second-order valence-electron chi connectivity index (χ2n) is 9.28. The number of nitrogens with zero attached hydrogens (tertiary/aromatic N) is 1. The number of anilines is 1. The van der Waals surface area contributed by atoms with Gasteiger partial charge in [-0.05, 0) is 73.2 Å². The van der Waals surface area contributed by atoms with Gasteiger partial charge < -0.3 is 18.7 Å². The number of aliphatic carboxylic acids is 1. The predicted molar refractivity (Wildman–Crippen MR) is 132 cm³/mol. The zero-order chi connectivity index (χ0) is 24.9. The molecule has 2 fully saturated rings. The lowest BCUT2D eigenvalue weighted by Crippen LogP contribution is -2.18. The number of benzene rings is 1. The molecule has 6 rings (SSSR count). The van der Waals surface area contributed by atoms with Gasteiger partial charge in [-0.3, -0.25) is 10.1 Å². The van der Waals surface area contributed by atoms with Crippen molar-refractivity contribution >= 4 is 40.4 Å². The van der Waals surface area contributed by atoms with Crippen LogP contribution in [-0.2, 0) is 21.6 Å². The van der Waals surface area contributed by atoms with E-state index >= 15 is 0 Å². The van der Waals surface area contributed by atoms with E-state index in [0.717, 1.165) is 29.7 Å². The molecule has 3 aromatic heterocycles. The molecular formula is C27H22N2O6S. The highest BCUT2D eigenvalue weighted by Crippen LogP contribution is 2.50. The molecule has 0 aliphatic heterocycles. The van der Waals surface area contributed by atoms with Gasteiger partial charge in [0.1, 0.15) is 22.7 Å². The number of carboxylic acid groups (broad SMARTS) is 1. The van der Waals surface area contributed by atoms with E-state index < -0.39 is 17.5 Å². The van der Waals surface area contributed by atoms with Crippen LogP contribution in [0.2, 0.25) is 0 Å². The quantitative estimate of drug-likeness (QED) is 0.314. The van der Waals surface area contributed by atoms with Crippen molar-refractivity contribution in [3.8, 4) is 11.8 Å². The van der Waals surface area contributed by atoms with Gasteiger partial charge in [-0.25, -0.2) is 4.79 Å². The normalized spacial score (nSPS) is 15.8. The first-order valence-corrected chi connectivity index (χ1v) is 12.5. The molecule has 8 nitrogen and oxygen atoms in total. The molecule has 2 aliphatic rings. The number of fused-ring (bicyclic) bond motifs is 1. The topological polar surface area (TPSA) is 115 Å². The third kappa shape index (κ3) is 4.14. The van der Waals surface area contributed by atoms with Crippen molar-refractivity contribution in [2.75, 3.05) is 5.32 Å². The summed E-state index contributed by atoms with van der Waals surface area (Å²) in [4.78, 5) is 24.7. The molecule has 1 aromatic carbocycles. The SMILES string of the molecule is Cc1ccccc1COC(=O)Nc1c(C2CC2)nsc1C#Cc1cc2cc(C3(C(=O)O)CC3)oc2o1. The molecule has 0 radical (unpaired) electrons. The minimum absolute atomic E-state index is 0.173. The molecule has 36 heavy (non-hydrogen) atoms. The highest BCUT2D eigenvalue weighted by Gasteiger charge is 2.54. The number of amides is 1. The van der Waals surface area contributed by atoms with E-state index in [2.05, 4.69) is 21.5 Å². The Kier molecular flexibility index (Phi) is 5.34. The Morgan fingerprint density at radius 3 is 2.72 bits per heavy atom. The number of aromatic nitrogens is 1. The molecule has 2 saturated carbocycles. The number of nitrogens with one attached hydrogen (secondary N) is 1. The van der Waals surface area contributed by atoms with E-state index in [9.17, 15) is 14.7 Å². The number of aryl methyl sites for hydroxylation is 1. The van der Waals surface area contributed by atoms with Crippen LogP contribution >= 0.6 is 11.5 Å². The molecule has 1 amide bonds. The van der Waals surface area contributed by atoms with Gasteiger partial charge in [0, 0.05) is 12.0 Å². The summed E-state index contributed by atoms with van der Waals surface area (Å²) in [5.41, 5.74) is 2.49. The number of carbonyl (C=O) groups excluding carboxylic acids is 1. The first-order chi connectivity index (χ1) is 17.4. The number of carbonyl (C=O) groups is 2. The number of carboxylic acids is 1. The molecule has 0 unspecified atom stereocenters. The van der Waals surface area contributed by atoms with Gasteiger partial charge in [0.05, 0.1) is 16.8 Å². The Bertz CT molecular complexity index is 1530. The first-order valence-electron chi connectivity index (χ1n) is 11.7. The molecule has 0 bridgehead atoms. The lowest BCUT2D eigenvalue weighted by atomic mass is 10.0. The average Bonchev–Trinajstić information content (AvgIpc) is 3.75. The molecule has 9 heteroatoms. The standard InChI is InChI=1S/C27H22N2O6S/c1-15-4-2-3-5-17(15)14-33-26(32)28-23-20(36-29-22(23)16-6-7-16)9-8-19-12-18-13-21(35-24(18)34-19)27(10-11-27)25(30)31/h2-5,12-13,16H,6-7,10-11,14H2,1H3,(H,28,32)(H,30,31). The van der Waals surface area contributed by atoms with E-state index in [1.807, 2.05) is 31.2 Å². The Hall–Kier alpha value is -4.03. The summed E-state index contributed by atoms with van der Waals surface area (Å²) in [6, 6.07) is 11.2. The molecular weight excluding hydrogens is 480 g/mol. The van der Waals surface area contributed by atoms with Crippen LogP contribution in [0.25, 0.3) is 11.2 Å². The third-order valence-corrected chi connectivity index (χ3v) is 7.45. The average molecular weight is 503 g/mol. The fourth-order valence-electron chi connectivity index (χ4n) is 4.14. The van der Waals surface area contributed by atoms with Crippen molar-refractivity contribution in [3.05, 3.63) is 69.6 Å². The van der Waals surface area contributed by atoms with Crippen molar-refractivity contribution in [2.45, 2.75) is 50.5 Å². The van der Waals surface area contributed by atoms with Crippen LogP contribution in [0.3, 0.4) is 0 Å². The third-order valence-electron chi connectivity index (χ3n) is 6.67.